The van der Waals surface area contributed by atoms with Crippen LogP contribution in [0.4, 0.5) is 0 Å². The van der Waals surface area contributed by atoms with Crippen molar-refractivity contribution in [3.8, 4) is 0 Å². The molecular weight excluding hydrogens is 311 g/mol. The molecule has 0 bridgehead atoms. The lowest BCUT2D eigenvalue weighted by atomic mass is 9.97. The van der Waals surface area contributed by atoms with E-state index in [9.17, 15) is 4.79 Å². The summed E-state index contributed by atoms with van der Waals surface area (Å²) in [6, 6.07) is 5.60. The van der Waals surface area contributed by atoms with Gasteiger partial charge in [0.25, 0.3) is 0 Å². The molecule has 1 aliphatic heterocycles. The summed E-state index contributed by atoms with van der Waals surface area (Å²) < 4.78 is 0. The highest BCUT2D eigenvalue weighted by molar-refractivity contribution is 6.35. The average Bonchev–Trinajstić information content (AvgIpc) is 2.42. The van der Waals surface area contributed by atoms with Gasteiger partial charge in [0.15, 0.2) is 0 Å². The van der Waals surface area contributed by atoms with Crippen LogP contribution in [0, 0.1) is 5.92 Å². The van der Waals surface area contributed by atoms with E-state index in [-0.39, 0.29) is 6.54 Å². The lowest BCUT2D eigenvalue weighted by Crippen LogP contribution is -2.40. The molecule has 116 valence electrons. The summed E-state index contributed by atoms with van der Waals surface area (Å²) >= 11 is 12.1. The summed E-state index contributed by atoms with van der Waals surface area (Å²) in [5, 5.41) is 13.0. The van der Waals surface area contributed by atoms with Gasteiger partial charge in [0, 0.05) is 23.1 Å². The molecule has 21 heavy (non-hydrogen) atoms. The fraction of sp³-hybridized carbons (Fsp3) is 0.533. The Morgan fingerprint density at radius 3 is 2.95 bits per heavy atom. The number of aliphatic carboxylic acids is 1. The summed E-state index contributed by atoms with van der Waals surface area (Å²) in [6.45, 7) is 3.60. The van der Waals surface area contributed by atoms with Crippen LogP contribution in [-0.2, 0) is 11.3 Å². The molecule has 1 saturated heterocycles. The second-order valence-corrected chi connectivity index (χ2v) is 6.35. The van der Waals surface area contributed by atoms with E-state index in [0.29, 0.717) is 16.0 Å². The van der Waals surface area contributed by atoms with Crippen molar-refractivity contribution >= 4 is 29.2 Å². The van der Waals surface area contributed by atoms with Crippen molar-refractivity contribution in [1.29, 1.82) is 0 Å². The first-order chi connectivity index (χ1) is 10.0. The van der Waals surface area contributed by atoms with E-state index in [2.05, 4.69) is 10.2 Å². The monoisotopic (exact) mass is 330 g/mol. The first-order valence-corrected chi connectivity index (χ1v) is 7.89. The molecule has 0 amide bonds. The van der Waals surface area contributed by atoms with Crippen LogP contribution in [-0.4, -0.2) is 42.2 Å². The Bertz CT molecular complexity index is 497. The van der Waals surface area contributed by atoms with Crippen LogP contribution in [0.15, 0.2) is 18.2 Å². The second-order valence-electron chi connectivity index (χ2n) is 5.50. The van der Waals surface area contributed by atoms with Crippen LogP contribution < -0.4 is 5.32 Å². The Kier molecular flexibility index (Phi) is 6.30. The summed E-state index contributed by atoms with van der Waals surface area (Å²) in [5.74, 6) is -0.320. The quantitative estimate of drug-likeness (QED) is 0.842. The van der Waals surface area contributed by atoms with Gasteiger partial charge in [0.1, 0.15) is 0 Å². The molecule has 0 radical (unpaired) electrons. The molecule has 6 heteroatoms. The predicted octanol–water partition coefficient (Wildman–Crippen LogP) is 2.88. The van der Waals surface area contributed by atoms with Gasteiger partial charge in [-0.25, -0.2) is 0 Å². The highest BCUT2D eigenvalue weighted by Gasteiger charge is 2.20. The molecule has 0 spiro atoms. The number of piperidine rings is 1. The van der Waals surface area contributed by atoms with E-state index in [1.807, 2.05) is 12.1 Å². The lowest BCUT2D eigenvalue weighted by Gasteiger charge is -2.33. The van der Waals surface area contributed by atoms with Gasteiger partial charge in [-0.1, -0.05) is 29.3 Å². The Morgan fingerprint density at radius 2 is 2.24 bits per heavy atom. The van der Waals surface area contributed by atoms with Crippen LogP contribution in [0.1, 0.15) is 18.4 Å². The van der Waals surface area contributed by atoms with Crippen LogP contribution in [0.25, 0.3) is 0 Å². The topological polar surface area (TPSA) is 52.6 Å². The standard InChI is InChI=1S/C15H20Cl2N2O2/c16-13-4-3-12(14(17)6-13)10-19-5-1-2-11(9-19)7-18-8-15(20)21/h3-4,6,11,18H,1-2,5,7-10H2,(H,20,21). The van der Waals surface area contributed by atoms with E-state index in [4.69, 9.17) is 28.3 Å². The molecule has 1 aromatic carbocycles. The van der Waals surface area contributed by atoms with E-state index in [1.54, 1.807) is 6.07 Å². The van der Waals surface area contributed by atoms with Gasteiger partial charge in [-0.2, -0.15) is 0 Å². The van der Waals surface area contributed by atoms with Gasteiger partial charge < -0.3 is 10.4 Å². The minimum atomic E-state index is -0.810. The molecule has 1 atom stereocenters. The minimum absolute atomic E-state index is 0.0273. The fourth-order valence-corrected chi connectivity index (χ4v) is 3.20. The zero-order valence-electron chi connectivity index (χ0n) is 11.8. The number of carboxylic acid groups (broad SMARTS) is 1. The number of likely N-dealkylation sites (tertiary alicyclic amines) is 1. The maximum Gasteiger partial charge on any atom is 0.317 e. The molecule has 1 heterocycles. The number of nitrogens with zero attached hydrogens (tertiary/aromatic N) is 1. The Balaban J connectivity index is 1.84. The lowest BCUT2D eigenvalue weighted by molar-refractivity contribution is -0.136. The number of carboxylic acids is 1. The fourth-order valence-electron chi connectivity index (χ4n) is 2.74. The zero-order chi connectivity index (χ0) is 15.2. The zero-order valence-corrected chi connectivity index (χ0v) is 13.3. The first kappa shape index (κ1) is 16.6. The molecule has 1 aromatic rings. The van der Waals surface area contributed by atoms with Crippen molar-refractivity contribution < 1.29 is 9.90 Å². The summed E-state index contributed by atoms with van der Waals surface area (Å²) in [6.07, 6.45) is 2.27. The summed E-state index contributed by atoms with van der Waals surface area (Å²) in [7, 11) is 0. The number of benzene rings is 1. The van der Waals surface area contributed by atoms with E-state index in [0.717, 1.165) is 44.6 Å². The second kappa shape index (κ2) is 7.99. The van der Waals surface area contributed by atoms with Crippen LogP contribution in [0.2, 0.25) is 10.0 Å². The smallest absolute Gasteiger partial charge is 0.317 e. The average molecular weight is 331 g/mol. The van der Waals surface area contributed by atoms with Gasteiger partial charge >= 0.3 is 5.97 Å². The predicted molar refractivity (Wildman–Crippen MR) is 85.0 cm³/mol. The number of halogens is 2. The third kappa shape index (κ3) is 5.47. The Labute approximate surface area is 135 Å². The number of carbonyl (C=O) groups is 1. The summed E-state index contributed by atoms with van der Waals surface area (Å²) in [4.78, 5) is 12.9. The van der Waals surface area contributed by atoms with Gasteiger partial charge in [0.2, 0.25) is 0 Å². The third-order valence-electron chi connectivity index (χ3n) is 3.72. The molecule has 2 N–H and O–H groups in total. The molecule has 1 aliphatic rings. The summed E-state index contributed by atoms with van der Waals surface area (Å²) in [5.41, 5.74) is 1.08. The van der Waals surface area contributed by atoms with Crippen LogP contribution in [0.5, 0.6) is 0 Å². The molecular formula is C15H20Cl2N2O2. The SMILES string of the molecule is O=C(O)CNCC1CCCN(Cc2ccc(Cl)cc2Cl)C1. The van der Waals surface area contributed by atoms with Gasteiger partial charge in [-0.3, -0.25) is 9.69 Å². The van der Waals surface area contributed by atoms with Crippen molar-refractivity contribution in [3.63, 3.8) is 0 Å². The number of hydrogen-bond acceptors (Lipinski definition) is 3. The Morgan fingerprint density at radius 1 is 1.43 bits per heavy atom. The van der Waals surface area contributed by atoms with E-state index in [1.165, 1.54) is 0 Å². The van der Waals surface area contributed by atoms with E-state index < -0.39 is 5.97 Å². The molecule has 1 fully saturated rings. The van der Waals surface area contributed by atoms with Gasteiger partial charge in [-0.15, -0.1) is 0 Å². The maximum absolute atomic E-state index is 10.5. The van der Waals surface area contributed by atoms with E-state index >= 15 is 0 Å². The molecule has 0 saturated carbocycles. The molecule has 1 unspecified atom stereocenters. The van der Waals surface area contributed by atoms with Crippen molar-refractivity contribution in [2.45, 2.75) is 19.4 Å². The highest BCUT2D eigenvalue weighted by atomic mass is 35.5. The first-order valence-electron chi connectivity index (χ1n) is 7.13. The van der Waals surface area contributed by atoms with Crippen LogP contribution >= 0.6 is 23.2 Å². The largest absolute Gasteiger partial charge is 0.480 e. The molecule has 0 aliphatic carbocycles. The maximum atomic E-state index is 10.5. The van der Waals surface area contributed by atoms with Crippen molar-refractivity contribution in [3.05, 3.63) is 33.8 Å². The van der Waals surface area contributed by atoms with Gasteiger partial charge in [-0.05, 0) is 49.5 Å². The van der Waals surface area contributed by atoms with Crippen molar-refractivity contribution in [2.24, 2.45) is 5.92 Å². The molecule has 4 nitrogen and oxygen atoms in total. The number of nitrogens with one attached hydrogen (secondary N) is 1. The highest BCUT2D eigenvalue weighted by Crippen LogP contribution is 2.24. The van der Waals surface area contributed by atoms with Crippen molar-refractivity contribution in [1.82, 2.24) is 10.2 Å². The molecule has 2 rings (SSSR count). The number of rotatable bonds is 6. The molecule has 0 aromatic heterocycles. The minimum Gasteiger partial charge on any atom is -0.480 e. The third-order valence-corrected chi connectivity index (χ3v) is 4.31. The van der Waals surface area contributed by atoms with Crippen molar-refractivity contribution in [2.75, 3.05) is 26.2 Å². The number of hydrogen-bond donors (Lipinski definition) is 2. The Hall–Kier alpha value is -0.810. The van der Waals surface area contributed by atoms with Gasteiger partial charge in [0.05, 0.1) is 6.54 Å². The normalized spacial score (nSPS) is 19.6. The van der Waals surface area contributed by atoms with Crippen LogP contribution in [0.3, 0.4) is 0 Å².